The van der Waals surface area contributed by atoms with Crippen molar-refractivity contribution < 1.29 is 47.9 Å². The van der Waals surface area contributed by atoms with E-state index in [1.165, 1.54) is 33.4 Å². The van der Waals surface area contributed by atoms with Crippen molar-refractivity contribution >= 4 is 47.2 Å². The molecule has 288 valence electrons. The summed E-state index contributed by atoms with van der Waals surface area (Å²) >= 11 is 3.11. The number of hydrogen-bond donors (Lipinski definition) is 2. The molecule has 0 unspecified atom stereocenters. The van der Waals surface area contributed by atoms with Crippen LogP contribution in [0.1, 0.15) is 38.8 Å². The summed E-state index contributed by atoms with van der Waals surface area (Å²) in [6.07, 6.45) is -6.57. The molecule has 0 radical (unpaired) electrons. The minimum Gasteiger partial charge on any atom is -0.497 e. The second kappa shape index (κ2) is 16.6. The largest absolute Gasteiger partial charge is 0.497 e. The molecule has 2 heterocycles. The highest BCUT2D eigenvalue weighted by Crippen LogP contribution is 2.37. The molecule has 2 aromatic heterocycles. The molecule has 0 spiro atoms. The van der Waals surface area contributed by atoms with Gasteiger partial charge in [-0.2, -0.15) is 36.5 Å². The Labute approximate surface area is 310 Å². The van der Waals surface area contributed by atoms with Gasteiger partial charge in [0, 0.05) is 5.56 Å². The van der Waals surface area contributed by atoms with E-state index in [0.717, 1.165) is 33.6 Å². The van der Waals surface area contributed by atoms with Gasteiger partial charge in [0.1, 0.15) is 17.4 Å². The van der Waals surface area contributed by atoms with E-state index in [4.69, 9.17) is 16.2 Å². The van der Waals surface area contributed by atoms with E-state index < -0.39 is 52.9 Å². The van der Waals surface area contributed by atoms with Gasteiger partial charge in [0.15, 0.2) is 19.7 Å². The number of alkyl halides is 6. The number of benzene rings is 3. The number of methoxy groups -OCH3 is 1. The van der Waals surface area contributed by atoms with Gasteiger partial charge in [-0.1, -0.05) is 39.8 Å². The molecular formula is C33H35BrF6N6O5S2. The lowest BCUT2D eigenvalue weighted by Crippen LogP contribution is -2.14. The third-order valence-corrected chi connectivity index (χ3v) is 11.6. The molecule has 4 N–H and O–H groups in total. The highest BCUT2D eigenvalue weighted by molar-refractivity contribution is 9.10. The molecule has 0 bridgehead atoms. The van der Waals surface area contributed by atoms with E-state index in [-0.39, 0.29) is 34.5 Å². The summed E-state index contributed by atoms with van der Waals surface area (Å²) in [6, 6.07) is 11.8. The molecule has 5 rings (SSSR count). The average molecular weight is 854 g/mol. The van der Waals surface area contributed by atoms with Gasteiger partial charge in [0.2, 0.25) is 0 Å². The lowest BCUT2D eigenvalue weighted by Gasteiger charge is -2.14. The van der Waals surface area contributed by atoms with Crippen molar-refractivity contribution in [2.75, 3.05) is 30.1 Å². The summed E-state index contributed by atoms with van der Waals surface area (Å²) in [4.78, 5) is -0.946. The Hall–Kier alpha value is -4.56. The fourth-order valence-electron chi connectivity index (χ4n) is 4.61. The molecule has 11 nitrogen and oxygen atoms in total. The number of sulfone groups is 2. The maximum Gasteiger partial charge on any atom is 0.416 e. The fourth-order valence-corrected chi connectivity index (χ4v) is 7.05. The summed E-state index contributed by atoms with van der Waals surface area (Å²) in [5, 5.41) is 8.00. The van der Waals surface area contributed by atoms with Crippen molar-refractivity contribution in [3.05, 3.63) is 88.7 Å². The van der Waals surface area contributed by atoms with Crippen LogP contribution in [0.5, 0.6) is 5.75 Å². The number of hydrogen-bond acceptors (Lipinski definition) is 9. The lowest BCUT2D eigenvalue weighted by molar-refractivity contribution is -0.138. The van der Waals surface area contributed by atoms with Gasteiger partial charge in [-0.15, -0.1) is 0 Å². The number of nitrogen functional groups attached to an aromatic ring is 2. The maximum absolute atomic E-state index is 13.1. The Kier molecular flexibility index (Phi) is 13.4. The SMILES string of the molecule is CC.CCS(=O)(=O)c1cc(C(F)(F)F)ccc1-n1ncc(-c2ccc(OC)cc2)c1N.CCS(=O)(=O)c1cc(C(F)(F)F)ccc1-n1ncc(Br)c1N. The second-order valence-corrected chi connectivity index (χ2v) is 15.9. The van der Waals surface area contributed by atoms with Crippen LogP contribution in [0.2, 0.25) is 0 Å². The Morgan fingerprint density at radius 3 is 1.47 bits per heavy atom. The summed E-state index contributed by atoms with van der Waals surface area (Å²) in [7, 11) is -6.34. The number of nitrogens with zero attached hydrogens (tertiary/aromatic N) is 4. The molecule has 0 aliphatic rings. The van der Waals surface area contributed by atoms with E-state index in [9.17, 15) is 43.2 Å². The fraction of sp³-hybridized carbons (Fsp3) is 0.273. The number of aromatic nitrogens is 4. The van der Waals surface area contributed by atoms with E-state index in [2.05, 4.69) is 26.1 Å². The quantitative estimate of drug-likeness (QED) is 0.147. The van der Waals surface area contributed by atoms with Gasteiger partial charge >= 0.3 is 12.4 Å². The van der Waals surface area contributed by atoms with Crippen LogP contribution in [0.15, 0.2) is 87.3 Å². The molecule has 0 saturated carbocycles. The first-order chi connectivity index (χ1) is 24.7. The minimum atomic E-state index is -4.68. The molecule has 0 fully saturated rings. The van der Waals surface area contributed by atoms with Gasteiger partial charge in [-0.25, -0.2) is 26.2 Å². The summed E-state index contributed by atoms with van der Waals surface area (Å²) in [5.74, 6) is 0.117. The Morgan fingerprint density at radius 1 is 0.698 bits per heavy atom. The zero-order chi connectivity index (χ0) is 40.1. The van der Waals surface area contributed by atoms with Crippen LogP contribution in [0.25, 0.3) is 22.5 Å². The molecular weight excluding hydrogens is 818 g/mol. The van der Waals surface area contributed by atoms with Crippen LogP contribution < -0.4 is 16.2 Å². The molecule has 53 heavy (non-hydrogen) atoms. The van der Waals surface area contributed by atoms with Crippen LogP contribution in [-0.4, -0.2) is 55.0 Å². The lowest BCUT2D eigenvalue weighted by atomic mass is 10.1. The Balaban J connectivity index is 0.000000282. The van der Waals surface area contributed by atoms with Crippen molar-refractivity contribution in [1.82, 2.24) is 19.6 Å². The third kappa shape index (κ3) is 9.52. The first-order valence-corrected chi connectivity index (χ1v) is 19.6. The smallest absolute Gasteiger partial charge is 0.416 e. The van der Waals surface area contributed by atoms with Crippen LogP contribution in [0, 0.1) is 0 Å². The molecule has 0 saturated heterocycles. The van der Waals surface area contributed by atoms with Crippen LogP contribution in [0.3, 0.4) is 0 Å². The van der Waals surface area contributed by atoms with Crippen molar-refractivity contribution in [2.24, 2.45) is 0 Å². The highest BCUT2D eigenvalue weighted by atomic mass is 79.9. The van der Waals surface area contributed by atoms with E-state index >= 15 is 0 Å². The highest BCUT2D eigenvalue weighted by Gasteiger charge is 2.34. The second-order valence-electron chi connectivity index (χ2n) is 10.5. The van der Waals surface area contributed by atoms with Gasteiger partial charge in [-0.05, 0) is 70.0 Å². The molecule has 0 aliphatic heterocycles. The first-order valence-electron chi connectivity index (χ1n) is 15.5. The average Bonchev–Trinajstić information content (AvgIpc) is 3.68. The van der Waals surface area contributed by atoms with E-state index in [0.29, 0.717) is 33.5 Å². The topological polar surface area (TPSA) is 165 Å². The summed E-state index contributed by atoms with van der Waals surface area (Å²) in [6.45, 7) is 6.70. The summed E-state index contributed by atoms with van der Waals surface area (Å²) in [5.41, 5.74) is 10.9. The zero-order valence-electron chi connectivity index (χ0n) is 28.8. The Morgan fingerprint density at radius 2 is 1.11 bits per heavy atom. The standard InChI is InChI=1S/C19H18F3N3O3S.C12H11BrF3N3O2S.C2H6/c1-3-29(26,27)17-10-13(19(20,21)22)6-9-16(17)25-18(23)15(11-24-25)12-4-7-14(28-2)8-5-12;1-2-22(20,21)10-5-7(12(14,15)16)3-4-9(10)19-11(17)8(13)6-18-19;1-2/h4-11H,3,23H2,1-2H3;3-6H,2,17H2,1H3;1-2H3. The summed E-state index contributed by atoms with van der Waals surface area (Å²) < 4.78 is 135. The number of halogens is 7. The molecule has 0 aliphatic carbocycles. The van der Waals surface area contributed by atoms with Crippen molar-refractivity contribution in [2.45, 2.75) is 49.8 Å². The van der Waals surface area contributed by atoms with Gasteiger partial charge in [-0.3, -0.25) is 0 Å². The van der Waals surface area contributed by atoms with Gasteiger partial charge in [0.05, 0.1) is 67.8 Å². The molecule has 20 heteroatoms. The number of ether oxygens (including phenoxy) is 1. The molecule has 5 aromatic rings. The number of anilines is 2. The van der Waals surface area contributed by atoms with Gasteiger partial charge in [0.25, 0.3) is 0 Å². The normalized spacial score (nSPS) is 12.0. The number of rotatable bonds is 8. The third-order valence-electron chi connectivity index (χ3n) is 7.43. The van der Waals surface area contributed by atoms with Crippen molar-refractivity contribution in [3.63, 3.8) is 0 Å². The van der Waals surface area contributed by atoms with Crippen molar-refractivity contribution in [3.8, 4) is 28.3 Å². The van der Waals surface area contributed by atoms with E-state index in [1.54, 1.807) is 24.3 Å². The van der Waals surface area contributed by atoms with E-state index in [1.807, 2.05) is 13.8 Å². The molecule has 3 aromatic carbocycles. The first kappa shape index (κ1) is 42.8. The minimum absolute atomic E-state index is 0.0296. The van der Waals surface area contributed by atoms with Crippen molar-refractivity contribution in [1.29, 1.82) is 0 Å². The zero-order valence-corrected chi connectivity index (χ0v) is 32.0. The molecule has 0 atom stereocenters. The molecule has 0 amide bonds. The van der Waals surface area contributed by atoms with Crippen LogP contribution >= 0.6 is 15.9 Å². The van der Waals surface area contributed by atoms with Crippen LogP contribution in [0.4, 0.5) is 38.0 Å². The Bertz CT molecular complexity index is 2270. The van der Waals surface area contributed by atoms with Crippen LogP contribution in [-0.2, 0) is 32.0 Å². The monoisotopic (exact) mass is 852 g/mol. The van der Waals surface area contributed by atoms with Gasteiger partial charge < -0.3 is 16.2 Å². The maximum atomic E-state index is 13.1. The number of nitrogens with two attached hydrogens (primary N) is 2. The predicted octanol–water partition coefficient (Wildman–Crippen LogP) is 8.00. The predicted molar refractivity (Wildman–Crippen MR) is 192 cm³/mol.